The van der Waals surface area contributed by atoms with Crippen molar-refractivity contribution in [2.75, 3.05) is 0 Å². The number of aromatic amines is 1. The van der Waals surface area contributed by atoms with Gasteiger partial charge in [-0.2, -0.15) is 0 Å². The van der Waals surface area contributed by atoms with E-state index < -0.39 is 5.56 Å². The van der Waals surface area contributed by atoms with Crippen molar-refractivity contribution < 1.29 is 0 Å². The third kappa shape index (κ3) is 2.10. The molecule has 98 valence electrons. The standard InChI is InChI=1S/C12H18N4O2/c1-3-5-7-15-8-13-9-10(17)14-12(18)16(6-4-2)11(9)15/h8H,3-7H2,1-2H3,(H,14,17,18). The van der Waals surface area contributed by atoms with Crippen LogP contribution in [0.4, 0.5) is 0 Å². The summed E-state index contributed by atoms with van der Waals surface area (Å²) in [4.78, 5) is 30.0. The van der Waals surface area contributed by atoms with Gasteiger partial charge in [-0.15, -0.1) is 0 Å². The highest BCUT2D eigenvalue weighted by atomic mass is 16.2. The third-order valence-corrected chi connectivity index (χ3v) is 2.95. The molecule has 2 rings (SSSR count). The van der Waals surface area contributed by atoms with Crippen molar-refractivity contribution in [3.8, 4) is 0 Å². The molecule has 0 saturated heterocycles. The van der Waals surface area contributed by atoms with E-state index in [1.54, 1.807) is 10.9 Å². The Morgan fingerprint density at radius 1 is 1.22 bits per heavy atom. The fourth-order valence-electron chi connectivity index (χ4n) is 2.06. The zero-order chi connectivity index (χ0) is 13.1. The Bertz CT molecular complexity index is 650. The van der Waals surface area contributed by atoms with Crippen LogP contribution in [-0.2, 0) is 13.1 Å². The molecule has 2 aromatic rings. The highest BCUT2D eigenvalue weighted by molar-refractivity contribution is 5.69. The second kappa shape index (κ2) is 5.20. The summed E-state index contributed by atoms with van der Waals surface area (Å²) in [6.45, 7) is 5.46. The van der Waals surface area contributed by atoms with Crippen molar-refractivity contribution in [2.24, 2.45) is 0 Å². The zero-order valence-electron chi connectivity index (χ0n) is 10.8. The summed E-state index contributed by atoms with van der Waals surface area (Å²) in [5.74, 6) is 0. The molecule has 2 heterocycles. The Balaban J connectivity index is 2.67. The van der Waals surface area contributed by atoms with Gasteiger partial charge in [-0.1, -0.05) is 20.3 Å². The van der Waals surface area contributed by atoms with E-state index in [1.165, 1.54) is 0 Å². The summed E-state index contributed by atoms with van der Waals surface area (Å²) in [6.07, 6.45) is 4.53. The summed E-state index contributed by atoms with van der Waals surface area (Å²) in [7, 11) is 0. The molecule has 18 heavy (non-hydrogen) atoms. The van der Waals surface area contributed by atoms with Gasteiger partial charge >= 0.3 is 5.69 Å². The molecule has 1 N–H and O–H groups in total. The highest BCUT2D eigenvalue weighted by Gasteiger charge is 2.12. The Morgan fingerprint density at radius 3 is 2.67 bits per heavy atom. The number of hydrogen-bond acceptors (Lipinski definition) is 3. The second-order valence-electron chi connectivity index (χ2n) is 4.37. The molecule has 0 saturated carbocycles. The van der Waals surface area contributed by atoms with Gasteiger partial charge < -0.3 is 4.57 Å². The van der Waals surface area contributed by atoms with Crippen LogP contribution in [0.5, 0.6) is 0 Å². The van der Waals surface area contributed by atoms with Crippen LogP contribution in [-0.4, -0.2) is 19.1 Å². The normalized spacial score (nSPS) is 11.2. The topological polar surface area (TPSA) is 72.7 Å². The van der Waals surface area contributed by atoms with Crippen LogP contribution < -0.4 is 11.2 Å². The number of nitrogens with one attached hydrogen (secondary N) is 1. The molecule has 6 nitrogen and oxygen atoms in total. The fourth-order valence-corrected chi connectivity index (χ4v) is 2.06. The minimum atomic E-state index is -0.405. The number of imidazole rings is 1. The minimum absolute atomic E-state index is 0.346. The molecule has 0 amide bonds. The van der Waals surface area contributed by atoms with Crippen LogP contribution in [0.15, 0.2) is 15.9 Å². The number of aryl methyl sites for hydroxylation is 2. The minimum Gasteiger partial charge on any atom is -0.316 e. The maximum Gasteiger partial charge on any atom is 0.330 e. The maximum absolute atomic E-state index is 11.8. The molecule has 0 spiro atoms. The van der Waals surface area contributed by atoms with Gasteiger partial charge in [0.05, 0.1) is 6.33 Å². The molecule has 0 radical (unpaired) electrons. The third-order valence-electron chi connectivity index (χ3n) is 2.95. The molecular weight excluding hydrogens is 232 g/mol. The molecule has 2 aromatic heterocycles. The highest BCUT2D eigenvalue weighted by Crippen LogP contribution is 2.08. The van der Waals surface area contributed by atoms with Gasteiger partial charge in [-0.25, -0.2) is 9.78 Å². The Kier molecular flexibility index (Phi) is 3.64. The van der Waals surface area contributed by atoms with E-state index in [1.807, 2.05) is 11.5 Å². The van der Waals surface area contributed by atoms with E-state index in [9.17, 15) is 9.59 Å². The fraction of sp³-hybridized carbons (Fsp3) is 0.583. The molecule has 0 atom stereocenters. The maximum atomic E-state index is 11.8. The predicted octanol–water partition coefficient (Wildman–Crippen LogP) is 1.10. The molecule has 0 aromatic carbocycles. The number of fused-ring (bicyclic) bond motifs is 1. The first-order valence-electron chi connectivity index (χ1n) is 6.37. The van der Waals surface area contributed by atoms with E-state index in [0.717, 1.165) is 25.8 Å². The molecule has 0 aliphatic heterocycles. The molecule has 6 heteroatoms. The van der Waals surface area contributed by atoms with E-state index in [0.29, 0.717) is 17.7 Å². The molecule has 0 unspecified atom stereocenters. The lowest BCUT2D eigenvalue weighted by atomic mass is 10.3. The van der Waals surface area contributed by atoms with Gasteiger partial charge in [-0.3, -0.25) is 14.3 Å². The summed E-state index contributed by atoms with van der Waals surface area (Å²) >= 11 is 0. The number of H-pyrrole nitrogens is 1. The SMILES string of the molecule is CCCCn1cnc2c(=O)[nH]c(=O)n(CCC)c21. The molecule has 0 bridgehead atoms. The van der Waals surface area contributed by atoms with Gasteiger partial charge in [0.1, 0.15) is 5.65 Å². The molecule has 0 aliphatic carbocycles. The number of unbranched alkanes of at least 4 members (excludes halogenated alkanes) is 1. The average Bonchev–Trinajstić information content (AvgIpc) is 2.76. The van der Waals surface area contributed by atoms with E-state index in [2.05, 4.69) is 16.9 Å². The smallest absolute Gasteiger partial charge is 0.316 e. The van der Waals surface area contributed by atoms with Crippen molar-refractivity contribution in [2.45, 2.75) is 46.2 Å². The van der Waals surface area contributed by atoms with Crippen LogP contribution in [0.3, 0.4) is 0 Å². The Labute approximate surface area is 104 Å². The number of nitrogens with zero attached hydrogens (tertiary/aromatic N) is 3. The lowest BCUT2D eigenvalue weighted by Crippen LogP contribution is -2.31. The van der Waals surface area contributed by atoms with Gasteiger partial charge in [0, 0.05) is 13.1 Å². The van der Waals surface area contributed by atoms with Crippen molar-refractivity contribution >= 4 is 11.2 Å². The average molecular weight is 250 g/mol. The predicted molar refractivity (Wildman–Crippen MR) is 69.8 cm³/mol. The Hall–Kier alpha value is -1.85. The summed E-state index contributed by atoms with van der Waals surface area (Å²) in [5, 5.41) is 0. The van der Waals surface area contributed by atoms with Crippen molar-refractivity contribution in [3.63, 3.8) is 0 Å². The van der Waals surface area contributed by atoms with Gasteiger partial charge in [-0.05, 0) is 12.8 Å². The van der Waals surface area contributed by atoms with Gasteiger partial charge in [0.15, 0.2) is 5.52 Å². The lowest BCUT2D eigenvalue weighted by molar-refractivity contribution is 0.599. The molecular formula is C12H18N4O2. The summed E-state index contributed by atoms with van der Waals surface area (Å²) in [6, 6.07) is 0. The quantitative estimate of drug-likeness (QED) is 0.863. The van der Waals surface area contributed by atoms with E-state index in [-0.39, 0.29) is 5.69 Å². The monoisotopic (exact) mass is 250 g/mol. The van der Waals surface area contributed by atoms with Crippen molar-refractivity contribution in [1.82, 2.24) is 19.1 Å². The number of aromatic nitrogens is 4. The van der Waals surface area contributed by atoms with Crippen molar-refractivity contribution in [3.05, 3.63) is 27.2 Å². The van der Waals surface area contributed by atoms with E-state index >= 15 is 0 Å². The van der Waals surface area contributed by atoms with Crippen molar-refractivity contribution in [1.29, 1.82) is 0 Å². The van der Waals surface area contributed by atoms with Gasteiger partial charge in [0.25, 0.3) is 5.56 Å². The van der Waals surface area contributed by atoms with Crippen LogP contribution in [0, 0.1) is 0 Å². The Morgan fingerprint density at radius 2 is 2.00 bits per heavy atom. The van der Waals surface area contributed by atoms with Crippen LogP contribution in [0.2, 0.25) is 0 Å². The summed E-state index contributed by atoms with van der Waals surface area (Å²) in [5.41, 5.74) is 0.225. The van der Waals surface area contributed by atoms with E-state index in [4.69, 9.17) is 0 Å². The molecule has 0 fully saturated rings. The van der Waals surface area contributed by atoms with Crippen LogP contribution in [0.25, 0.3) is 11.2 Å². The first-order chi connectivity index (χ1) is 8.69. The first-order valence-corrected chi connectivity index (χ1v) is 6.37. The largest absolute Gasteiger partial charge is 0.330 e. The second-order valence-corrected chi connectivity index (χ2v) is 4.37. The van der Waals surface area contributed by atoms with Crippen LogP contribution >= 0.6 is 0 Å². The van der Waals surface area contributed by atoms with Crippen LogP contribution in [0.1, 0.15) is 33.1 Å². The number of rotatable bonds is 5. The zero-order valence-corrected chi connectivity index (χ0v) is 10.8. The summed E-state index contributed by atoms with van der Waals surface area (Å²) < 4.78 is 3.49. The number of hydrogen-bond donors (Lipinski definition) is 1. The van der Waals surface area contributed by atoms with Gasteiger partial charge in [0.2, 0.25) is 0 Å². The first kappa shape index (κ1) is 12.6. The molecule has 0 aliphatic rings. The lowest BCUT2D eigenvalue weighted by Gasteiger charge is -2.09.